The number of benzene rings is 1. The molecule has 1 amide bonds. The number of carbonyl (C=O) groups excluding carboxylic acids is 1. The van der Waals surface area contributed by atoms with Gasteiger partial charge in [-0.3, -0.25) is 4.79 Å². The van der Waals surface area contributed by atoms with E-state index in [2.05, 4.69) is 0 Å². The lowest BCUT2D eigenvalue weighted by atomic mass is 9.92. The molecule has 1 saturated heterocycles. The van der Waals surface area contributed by atoms with Gasteiger partial charge >= 0.3 is 5.97 Å². The van der Waals surface area contributed by atoms with Crippen LogP contribution in [0.25, 0.3) is 0 Å². The molecule has 1 aliphatic heterocycles. The summed E-state index contributed by atoms with van der Waals surface area (Å²) in [4.78, 5) is 25.8. The molecule has 25 heavy (non-hydrogen) atoms. The fourth-order valence-corrected chi connectivity index (χ4v) is 3.24. The number of likely N-dealkylation sites (tertiary alicyclic amines) is 1. The van der Waals surface area contributed by atoms with Crippen LogP contribution in [0, 0.1) is 5.92 Å². The second kappa shape index (κ2) is 8.43. The van der Waals surface area contributed by atoms with E-state index in [-0.39, 0.29) is 16.8 Å². The highest BCUT2D eigenvalue weighted by Crippen LogP contribution is 2.37. The second-order valence-electron chi connectivity index (χ2n) is 6.32. The Morgan fingerprint density at radius 3 is 2.72 bits per heavy atom. The normalized spacial score (nSPS) is 20.2. The number of carboxylic acid groups (broad SMARTS) is 1. The van der Waals surface area contributed by atoms with Crippen LogP contribution in [0.1, 0.15) is 43.5 Å². The Balaban J connectivity index is 2.32. The first-order valence-electron chi connectivity index (χ1n) is 8.43. The molecule has 7 heteroatoms. The molecule has 0 aromatic heterocycles. The van der Waals surface area contributed by atoms with Crippen molar-refractivity contribution in [2.75, 3.05) is 20.3 Å². The van der Waals surface area contributed by atoms with E-state index in [1.165, 1.54) is 18.1 Å². The first kappa shape index (κ1) is 19.4. The monoisotopic (exact) mass is 369 g/mol. The van der Waals surface area contributed by atoms with Crippen LogP contribution in [0.4, 0.5) is 0 Å². The standard InChI is InChI=1S/C18H24ClNO5/c1-4-7-25-16-13(19)9-12(10-15(16)24-3)17(21)20-6-5-11(2)8-14(20)18(22)23/h9-11,14H,4-8H2,1-3H3,(H,22,23). The lowest BCUT2D eigenvalue weighted by Gasteiger charge is -2.36. The van der Waals surface area contributed by atoms with Crippen LogP contribution >= 0.6 is 11.6 Å². The molecule has 1 N–H and O–H groups in total. The van der Waals surface area contributed by atoms with Crippen molar-refractivity contribution in [2.24, 2.45) is 5.92 Å². The summed E-state index contributed by atoms with van der Waals surface area (Å²) in [6.07, 6.45) is 2.04. The first-order valence-corrected chi connectivity index (χ1v) is 8.80. The highest BCUT2D eigenvalue weighted by Gasteiger charge is 2.35. The van der Waals surface area contributed by atoms with Crippen molar-refractivity contribution in [1.82, 2.24) is 4.90 Å². The molecule has 6 nitrogen and oxygen atoms in total. The molecule has 2 rings (SSSR count). The Labute approximate surface area is 152 Å². The summed E-state index contributed by atoms with van der Waals surface area (Å²) >= 11 is 6.26. The predicted octanol–water partition coefficient (Wildman–Crippen LogP) is 3.46. The Bertz CT molecular complexity index is 649. The molecule has 138 valence electrons. The average molecular weight is 370 g/mol. The molecule has 1 fully saturated rings. The summed E-state index contributed by atoms with van der Waals surface area (Å²) < 4.78 is 10.9. The summed E-state index contributed by atoms with van der Waals surface area (Å²) in [5, 5.41) is 9.73. The minimum atomic E-state index is -0.985. The van der Waals surface area contributed by atoms with Gasteiger partial charge in [-0.15, -0.1) is 0 Å². The molecular formula is C18H24ClNO5. The van der Waals surface area contributed by atoms with Crippen LogP contribution < -0.4 is 9.47 Å². The van der Waals surface area contributed by atoms with Crippen molar-refractivity contribution in [2.45, 2.75) is 39.2 Å². The maximum atomic E-state index is 12.9. The molecule has 2 atom stereocenters. The first-order chi connectivity index (χ1) is 11.9. The van der Waals surface area contributed by atoms with E-state index in [4.69, 9.17) is 21.1 Å². The zero-order valence-corrected chi connectivity index (χ0v) is 15.5. The van der Waals surface area contributed by atoms with Gasteiger partial charge in [0, 0.05) is 12.1 Å². The number of methoxy groups -OCH3 is 1. The number of rotatable bonds is 6. The number of hydrogen-bond donors (Lipinski definition) is 1. The highest BCUT2D eigenvalue weighted by atomic mass is 35.5. The van der Waals surface area contributed by atoms with Gasteiger partial charge < -0.3 is 19.5 Å². The minimum absolute atomic E-state index is 0.271. The smallest absolute Gasteiger partial charge is 0.326 e. The molecule has 0 spiro atoms. The van der Waals surface area contributed by atoms with E-state index in [1.807, 2.05) is 13.8 Å². The van der Waals surface area contributed by atoms with Gasteiger partial charge in [-0.1, -0.05) is 25.4 Å². The average Bonchev–Trinajstić information content (AvgIpc) is 2.59. The Morgan fingerprint density at radius 1 is 1.40 bits per heavy atom. The topological polar surface area (TPSA) is 76.1 Å². The number of carboxylic acids is 1. The van der Waals surface area contributed by atoms with Gasteiger partial charge in [0.15, 0.2) is 11.5 Å². The summed E-state index contributed by atoms with van der Waals surface area (Å²) in [6, 6.07) is 2.24. The number of halogens is 1. The number of aliphatic carboxylic acids is 1. The van der Waals surface area contributed by atoms with Gasteiger partial charge in [-0.2, -0.15) is 0 Å². The van der Waals surface area contributed by atoms with E-state index in [0.29, 0.717) is 36.6 Å². The third kappa shape index (κ3) is 4.37. The van der Waals surface area contributed by atoms with Gasteiger partial charge in [-0.25, -0.2) is 4.79 Å². The maximum absolute atomic E-state index is 12.9. The van der Waals surface area contributed by atoms with Crippen molar-refractivity contribution in [3.63, 3.8) is 0 Å². The van der Waals surface area contributed by atoms with E-state index < -0.39 is 12.0 Å². The fraction of sp³-hybridized carbons (Fsp3) is 0.556. The summed E-state index contributed by atoms with van der Waals surface area (Å²) in [6.45, 7) is 4.86. The second-order valence-corrected chi connectivity index (χ2v) is 6.73. The molecule has 1 heterocycles. The van der Waals surface area contributed by atoms with E-state index in [0.717, 1.165) is 12.8 Å². The van der Waals surface area contributed by atoms with E-state index in [9.17, 15) is 14.7 Å². The molecule has 0 bridgehead atoms. The summed E-state index contributed by atoms with van der Waals surface area (Å²) in [5.74, 6) is -0.318. The van der Waals surface area contributed by atoms with Crippen LogP contribution in [0.15, 0.2) is 12.1 Å². The van der Waals surface area contributed by atoms with E-state index in [1.54, 1.807) is 6.07 Å². The van der Waals surface area contributed by atoms with Crippen molar-refractivity contribution < 1.29 is 24.2 Å². The molecule has 1 aromatic rings. The number of amides is 1. The molecule has 1 aliphatic rings. The van der Waals surface area contributed by atoms with Crippen molar-refractivity contribution in [3.8, 4) is 11.5 Å². The number of piperidine rings is 1. The lowest BCUT2D eigenvalue weighted by molar-refractivity contribution is -0.144. The van der Waals surface area contributed by atoms with Gasteiger partial charge in [-0.05, 0) is 37.3 Å². The fourth-order valence-electron chi connectivity index (χ4n) is 2.97. The summed E-state index contributed by atoms with van der Waals surface area (Å²) in [5.41, 5.74) is 0.298. The number of carbonyl (C=O) groups is 2. The number of hydrogen-bond acceptors (Lipinski definition) is 4. The lowest BCUT2D eigenvalue weighted by Crippen LogP contribution is -2.49. The Kier molecular flexibility index (Phi) is 6.53. The van der Waals surface area contributed by atoms with Crippen LogP contribution in [0.5, 0.6) is 11.5 Å². The SMILES string of the molecule is CCCOc1c(Cl)cc(C(=O)N2CCC(C)CC2C(=O)O)cc1OC. The van der Waals surface area contributed by atoms with E-state index >= 15 is 0 Å². The number of ether oxygens (including phenoxy) is 2. The van der Waals surface area contributed by atoms with Crippen molar-refractivity contribution in [3.05, 3.63) is 22.7 Å². The highest BCUT2D eigenvalue weighted by molar-refractivity contribution is 6.32. The predicted molar refractivity (Wildman–Crippen MR) is 94.6 cm³/mol. The van der Waals surface area contributed by atoms with Crippen molar-refractivity contribution in [1.29, 1.82) is 0 Å². The third-order valence-corrected chi connectivity index (χ3v) is 4.62. The maximum Gasteiger partial charge on any atom is 0.326 e. The van der Waals surface area contributed by atoms with Crippen molar-refractivity contribution >= 4 is 23.5 Å². The molecule has 0 aliphatic carbocycles. The minimum Gasteiger partial charge on any atom is -0.493 e. The molecular weight excluding hydrogens is 346 g/mol. The molecule has 1 aromatic carbocycles. The molecule has 2 unspecified atom stereocenters. The van der Waals surface area contributed by atoms with Gasteiger partial charge in [0.25, 0.3) is 5.91 Å². The quantitative estimate of drug-likeness (QED) is 0.830. The zero-order valence-electron chi connectivity index (χ0n) is 14.8. The number of nitrogens with zero attached hydrogens (tertiary/aromatic N) is 1. The summed E-state index contributed by atoms with van der Waals surface area (Å²) in [7, 11) is 1.47. The molecule has 0 radical (unpaired) electrons. The van der Waals surface area contributed by atoms with Gasteiger partial charge in [0.1, 0.15) is 6.04 Å². The van der Waals surface area contributed by atoms with Crippen LogP contribution in [0.2, 0.25) is 5.02 Å². The Hall–Kier alpha value is -1.95. The Morgan fingerprint density at radius 2 is 2.12 bits per heavy atom. The largest absolute Gasteiger partial charge is 0.493 e. The van der Waals surface area contributed by atoms with Crippen LogP contribution in [-0.2, 0) is 4.79 Å². The van der Waals surface area contributed by atoms with Gasteiger partial charge in [0.2, 0.25) is 0 Å². The zero-order chi connectivity index (χ0) is 18.6. The van der Waals surface area contributed by atoms with Gasteiger partial charge in [0.05, 0.1) is 18.7 Å². The third-order valence-electron chi connectivity index (χ3n) is 4.34. The van der Waals surface area contributed by atoms with Crippen LogP contribution in [-0.4, -0.2) is 48.2 Å². The molecule has 0 saturated carbocycles. The van der Waals surface area contributed by atoms with Crippen LogP contribution in [0.3, 0.4) is 0 Å².